The summed E-state index contributed by atoms with van der Waals surface area (Å²) in [5.74, 6) is 0.259. The Balaban J connectivity index is 2.18. The van der Waals surface area contributed by atoms with E-state index >= 15 is 0 Å². The molecule has 0 aliphatic carbocycles. The summed E-state index contributed by atoms with van der Waals surface area (Å²) in [7, 11) is 0. The van der Waals surface area contributed by atoms with Gasteiger partial charge in [-0.05, 0) is 12.3 Å². The Morgan fingerprint density at radius 3 is 2.94 bits per heavy atom. The van der Waals surface area contributed by atoms with Gasteiger partial charge in [0.1, 0.15) is 10.8 Å². The highest BCUT2D eigenvalue weighted by Gasteiger charge is 2.07. The van der Waals surface area contributed by atoms with Crippen molar-refractivity contribution in [2.45, 2.75) is 20.3 Å². The standard InChI is InChI=1S/C12H18ClN3O2/c1-9(2)8-18-5-3-4-15-12(17)10-6-14-7-11(13)16-10/h6-7,9H,3-5,8H2,1-2H3,(H,15,17). The second-order valence-corrected chi connectivity index (χ2v) is 4.69. The molecule has 1 aromatic heterocycles. The molecule has 1 aromatic rings. The van der Waals surface area contributed by atoms with Crippen LogP contribution in [0, 0.1) is 5.92 Å². The van der Waals surface area contributed by atoms with Gasteiger partial charge in [0.15, 0.2) is 0 Å². The van der Waals surface area contributed by atoms with E-state index in [0.717, 1.165) is 13.0 Å². The number of nitrogens with zero attached hydrogens (tertiary/aromatic N) is 2. The maximum atomic E-state index is 11.6. The van der Waals surface area contributed by atoms with Crippen LogP contribution < -0.4 is 5.32 Å². The minimum Gasteiger partial charge on any atom is -0.381 e. The number of amides is 1. The fourth-order valence-electron chi connectivity index (χ4n) is 1.24. The van der Waals surface area contributed by atoms with Crippen molar-refractivity contribution in [3.63, 3.8) is 0 Å². The SMILES string of the molecule is CC(C)COCCCNC(=O)c1cncc(Cl)n1. The van der Waals surface area contributed by atoms with E-state index in [-0.39, 0.29) is 16.8 Å². The Morgan fingerprint density at radius 1 is 1.50 bits per heavy atom. The van der Waals surface area contributed by atoms with Crippen molar-refractivity contribution in [3.8, 4) is 0 Å². The van der Waals surface area contributed by atoms with Crippen LogP contribution in [0.2, 0.25) is 5.15 Å². The Labute approximate surface area is 112 Å². The molecule has 6 heteroatoms. The fourth-order valence-corrected chi connectivity index (χ4v) is 1.38. The Morgan fingerprint density at radius 2 is 2.28 bits per heavy atom. The number of carbonyl (C=O) groups is 1. The van der Waals surface area contributed by atoms with Crippen molar-refractivity contribution in [2.75, 3.05) is 19.8 Å². The van der Waals surface area contributed by atoms with Gasteiger partial charge < -0.3 is 10.1 Å². The molecule has 1 N–H and O–H groups in total. The molecule has 5 nitrogen and oxygen atoms in total. The molecule has 1 heterocycles. The number of nitrogens with one attached hydrogen (secondary N) is 1. The number of halogens is 1. The molecule has 0 saturated heterocycles. The van der Waals surface area contributed by atoms with Crippen molar-refractivity contribution in [1.29, 1.82) is 0 Å². The molecule has 1 amide bonds. The number of hydrogen-bond acceptors (Lipinski definition) is 4. The number of carbonyl (C=O) groups excluding carboxylic acids is 1. The molecule has 0 atom stereocenters. The summed E-state index contributed by atoms with van der Waals surface area (Å²) in [5, 5.41) is 2.95. The third-order valence-corrected chi connectivity index (χ3v) is 2.22. The van der Waals surface area contributed by atoms with Crippen LogP contribution in [0.3, 0.4) is 0 Å². The molecule has 0 aromatic carbocycles. The highest BCUT2D eigenvalue weighted by atomic mass is 35.5. The number of rotatable bonds is 7. The third kappa shape index (κ3) is 5.93. The molecule has 0 aliphatic heterocycles. The van der Waals surface area contributed by atoms with E-state index < -0.39 is 0 Å². The minimum absolute atomic E-state index is 0.211. The molecule has 0 radical (unpaired) electrons. The summed E-state index contributed by atoms with van der Waals surface area (Å²) in [6.45, 7) is 6.12. The van der Waals surface area contributed by atoms with Crippen molar-refractivity contribution in [1.82, 2.24) is 15.3 Å². The highest BCUT2D eigenvalue weighted by Crippen LogP contribution is 2.02. The normalized spacial score (nSPS) is 10.7. The van der Waals surface area contributed by atoms with E-state index in [2.05, 4.69) is 29.1 Å². The summed E-state index contributed by atoms with van der Waals surface area (Å²) < 4.78 is 5.40. The van der Waals surface area contributed by atoms with Gasteiger partial charge in [-0.25, -0.2) is 4.98 Å². The first-order chi connectivity index (χ1) is 8.59. The lowest BCUT2D eigenvalue weighted by molar-refractivity contribution is 0.0920. The topological polar surface area (TPSA) is 64.1 Å². The van der Waals surface area contributed by atoms with Crippen LogP contribution in [0.25, 0.3) is 0 Å². The molecule has 100 valence electrons. The molecule has 18 heavy (non-hydrogen) atoms. The van der Waals surface area contributed by atoms with E-state index in [1.165, 1.54) is 12.4 Å². The van der Waals surface area contributed by atoms with Crippen molar-refractivity contribution in [2.24, 2.45) is 5.92 Å². The van der Waals surface area contributed by atoms with Crippen LogP contribution in [-0.4, -0.2) is 35.6 Å². The van der Waals surface area contributed by atoms with Crippen LogP contribution >= 0.6 is 11.6 Å². The van der Waals surface area contributed by atoms with Gasteiger partial charge in [-0.15, -0.1) is 0 Å². The van der Waals surface area contributed by atoms with Gasteiger partial charge in [-0.3, -0.25) is 9.78 Å². The predicted molar refractivity (Wildman–Crippen MR) is 69.6 cm³/mol. The summed E-state index contributed by atoms with van der Waals surface area (Å²) >= 11 is 5.65. The number of aromatic nitrogens is 2. The molecular formula is C12H18ClN3O2. The van der Waals surface area contributed by atoms with Gasteiger partial charge >= 0.3 is 0 Å². The molecule has 0 aliphatic rings. The summed E-state index contributed by atoms with van der Waals surface area (Å²) in [6.07, 6.45) is 3.54. The van der Waals surface area contributed by atoms with E-state index in [0.29, 0.717) is 19.1 Å². The van der Waals surface area contributed by atoms with Gasteiger partial charge in [-0.1, -0.05) is 25.4 Å². The molecule has 1 rings (SSSR count). The van der Waals surface area contributed by atoms with Crippen LogP contribution in [-0.2, 0) is 4.74 Å². The van der Waals surface area contributed by atoms with E-state index in [1.807, 2.05) is 0 Å². The molecule has 0 spiro atoms. The van der Waals surface area contributed by atoms with Crippen molar-refractivity contribution < 1.29 is 9.53 Å². The number of hydrogen-bond donors (Lipinski definition) is 1. The minimum atomic E-state index is -0.270. The van der Waals surface area contributed by atoms with E-state index in [4.69, 9.17) is 16.3 Å². The third-order valence-electron chi connectivity index (χ3n) is 2.04. The Hall–Kier alpha value is -1.20. The van der Waals surface area contributed by atoms with Gasteiger partial charge in [0.25, 0.3) is 5.91 Å². The Bertz CT molecular complexity index is 385. The predicted octanol–water partition coefficient (Wildman–Crippen LogP) is 1.92. The second kappa shape index (κ2) is 8.00. The average molecular weight is 272 g/mol. The largest absolute Gasteiger partial charge is 0.381 e. The van der Waals surface area contributed by atoms with Gasteiger partial charge in [-0.2, -0.15) is 0 Å². The first kappa shape index (κ1) is 14.9. The lowest BCUT2D eigenvalue weighted by Gasteiger charge is -2.07. The molecular weight excluding hydrogens is 254 g/mol. The van der Waals surface area contributed by atoms with E-state index in [9.17, 15) is 4.79 Å². The van der Waals surface area contributed by atoms with E-state index in [1.54, 1.807) is 0 Å². The summed E-state index contributed by atoms with van der Waals surface area (Å²) in [5.41, 5.74) is 0.227. The molecule has 0 fully saturated rings. The zero-order chi connectivity index (χ0) is 13.4. The molecule has 0 saturated carbocycles. The second-order valence-electron chi connectivity index (χ2n) is 4.31. The zero-order valence-corrected chi connectivity index (χ0v) is 11.4. The lowest BCUT2D eigenvalue weighted by atomic mass is 10.2. The number of ether oxygens (including phenoxy) is 1. The highest BCUT2D eigenvalue weighted by molar-refractivity contribution is 6.29. The van der Waals surface area contributed by atoms with Gasteiger partial charge in [0, 0.05) is 19.8 Å². The van der Waals surface area contributed by atoms with Crippen molar-refractivity contribution in [3.05, 3.63) is 23.2 Å². The molecule has 0 unspecified atom stereocenters. The first-order valence-electron chi connectivity index (χ1n) is 5.93. The summed E-state index contributed by atoms with van der Waals surface area (Å²) in [6, 6.07) is 0. The van der Waals surface area contributed by atoms with Gasteiger partial charge in [0.2, 0.25) is 0 Å². The van der Waals surface area contributed by atoms with Crippen LogP contribution in [0.4, 0.5) is 0 Å². The maximum Gasteiger partial charge on any atom is 0.271 e. The monoisotopic (exact) mass is 271 g/mol. The quantitative estimate of drug-likeness (QED) is 0.770. The smallest absolute Gasteiger partial charge is 0.271 e. The van der Waals surface area contributed by atoms with Crippen LogP contribution in [0.15, 0.2) is 12.4 Å². The molecule has 0 bridgehead atoms. The average Bonchev–Trinajstić information content (AvgIpc) is 2.33. The Kier molecular flexibility index (Phi) is 6.60. The fraction of sp³-hybridized carbons (Fsp3) is 0.583. The van der Waals surface area contributed by atoms with Gasteiger partial charge in [0.05, 0.1) is 12.4 Å². The van der Waals surface area contributed by atoms with Crippen molar-refractivity contribution >= 4 is 17.5 Å². The first-order valence-corrected chi connectivity index (χ1v) is 6.31. The van der Waals surface area contributed by atoms with Crippen LogP contribution in [0.1, 0.15) is 30.8 Å². The maximum absolute atomic E-state index is 11.6. The van der Waals surface area contributed by atoms with Crippen LogP contribution in [0.5, 0.6) is 0 Å². The lowest BCUT2D eigenvalue weighted by Crippen LogP contribution is -2.26. The zero-order valence-electron chi connectivity index (χ0n) is 10.6. The summed E-state index contributed by atoms with van der Waals surface area (Å²) in [4.78, 5) is 19.3.